The number of hydrogen-bond donors (Lipinski definition) is 2. The summed E-state index contributed by atoms with van der Waals surface area (Å²) in [7, 11) is 1.57. The number of para-hydroxylation sites is 1. The standard InChI is InChI=1S/C24H25ClN2O3/c1-16-7-6-10-20(17(16)2)27-24(28)15-30-22-12-11-18(13-23(22)29-3)14-26-21-9-5-4-8-19(21)25/h4-13,26H,14-15H2,1-3H3,(H,27,28). The summed E-state index contributed by atoms with van der Waals surface area (Å²) in [6.07, 6.45) is 0. The summed E-state index contributed by atoms with van der Waals surface area (Å²) in [5, 5.41) is 6.85. The lowest BCUT2D eigenvalue weighted by Crippen LogP contribution is -2.21. The van der Waals surface area contributed by atoms with Crippen LogP contribution in [0, 0.1) is 13.8 Å². The van der Waals surface area contributed by atoms with Crippen LogP contribution in [0.4, 0.5) is 11.4 Å². The van der Waals surface area contributed by atoms with Crippen LogP contribution in [0.1, 0.15) is 16.7 Å². The zero-order valence-corrected chi connectivity index (χ0v) is 18.0. The second-order valence-corrected chi connectivity index (χ2v) is 7.31. The van der Waals surface area contributed by atoms with Crippen LogP contribution in [0.3, 0.4) is 0 Å². The number of rotatable bonds is 8. The van der Waals surface area contributed by atoms with E-state index < -0.39 is 0 Å². The van der Waals surface area contributed by atoms with Gasteiger partial charge in [0.25, 0.3) is 5.91 Å². The Labute approximate surface area is 182 Å². The summed E-state index contributed by atoms with van der Waals surface area (Å²) < 4.78 is 11.1. The predicted octanol–water partition coefficient (Wildman–Crippen LogP) is 5.60. The Morgan fingerprint density at radius 3 is 2.50 bits per heavy atom. The summed E-state index contributed by atoms with van der Waals surface area (Å²) >= 11 is 6.18. The van der Waals surface area contributed by atoms with Crippen LogP contribution in [0.2, 0.25) is 5.02 Å². The first-order valence-corrected chi connectivity index (χ1v) is 10.00. The summed E-state index contributed by atoms with van der Waals surface area (Å²) in [4.78, 5) is 12.3. The Hall–Kier alpha value is -3.18. The van der Waals surface area contributed by atoms with Crippen molar-refractivity contribution in [1.29, 1.82) is 0 Å². The normalized spacial score (nSPS) is 10.4. The second-order valence-electron chi connectivity index (χ2n) is 6.90. The molecule has 0 saturated heterocycles. The number of aryl methyl sites for hydroxylation is 1. The number of benzene rings is 3. The minimum Gasteiger partial charge on any atom is -0.493 e. The van der Waals surface area contributed by atoms with Gasteiger partial charge in [0.2, 0.25) is 0 Å². The Morgan fingerprint density at radius 2 is 1.73 bits per heavy atom. The summed E-state index contributed by atoms with van der Waals surface area (Å²) in [6.45, 7) is 4.45. The molecule has 0 aliphatic carbocycles. The third-order valence-electron chi connectivity index (χ3n) is 4.82. The molecule has 3 aromatic rings. The number of carbonyl (C=O) groups excluding carboxylic acids is 1. The highest BCUT2D eigenvalue weighted by atomic mass is 35.5. The molecule has 0 spiro atoms. The van der Waals surface area contributed by atoms with Crippen molar-refractivity contribution < 1.29 is 14.3 Å². The second kappa shape index (κ2) is 10.0. The fourth-order valence-electron chi connectivity index (χ4n) is 2.96. The minimum atomic E-state index is -0.227. The molecule has 1 amide bonds. The number of anilines is 2. The first kappa shape index (κ1) is 21.5. The van der Waals surface area contributed by atoms with E-state index in [1.807, 2.05) is 68.4 Å². The van der Waals surface area contributed by atoms with Gasteiger partial charge in [0, 0.05) is 12.2 Å². The zero-order chi connectivity index (χ0) is 21.5. The molecule has 0 aliphatic heterocycles. The van der Waals surface area contributed by atoms with Crippen LogP contribution in [-0.2, 0) is 11.3 Å². The van der Waals surface area contributed by atoms with Gasteiger partial charge in [-0.3, -0.25) is 4.79 Å². The molecule has 2 N–H and O–H groups in total. The molecule has 5 nitrogen and oxygen atoms in total. The topological polar surface area (TPSA) is 59.6 Å². The van der Waals surface area contributed by atoms with Gasteiger partial charge in [0.1, 0.15) is 0 Å². The van der Waals surface area contributed by atoms with Crippen LogP contribution in [0.15, 0.2) is 60.7 Å². The molecule has 0 heterocycles. The van der Waals surface area contributed by atoms with Crippen LogP contribution in [0.5, 0.6) is 11.5 Å². The number of hydrogen-bond acceptors (Lipinski definition) is 4. The van der Waals surface area contributed by atoms with E-state index in [1.54, 1.807) is 13.2 Å². The van der Waals surface area contributed by atoms with Crippen LogP contribution in [0.25, 0.3) is 0 Å². The van der Waals surface area contributed by atoms with Crippen LogP contribution < -0.4 is 20.1 Å². The van der Waals surface area contributed by atoms with Crippen molar-refractivity contribution in [2.24, 2.45) is 0 Å². The molecule has 0 atom stereocenters. The highest BCUT2D eigenvalue weighted by Gasteiger charge is 2.11. The molecule has 30 heavy (non-hydrogen) atoms. The lowest BCUT2D eigenvalue weighted by atomic mass is 10.1. The number of halogens is 1. The molecule has 0 unspecified atom stereocenters. The van der Waals surface area contributed by atoms with Crippen molar-refractivity contribution in [2.75, 3.05) is 24.4 Å². The monoisotopic (exact) mass is 424 g/mol. The van der Waals surface area contributed by atoms with Gasteiger partial charge in [-0.1, -0.05) is 41.9 Å². The van der Waals surface area contributed by atoms with E-state index in [1.165, 1.54) is 0 Å². The Bertz CT molecular complexity index is 1040. The van der Waals surface area contributed by atoms with Gasteiger partial charge < -0.3 is 20.1 Å². The number of amides is 1. The van der Waals surface area contributed by atoms with Crippen molar-refractivity contribution in [1.82, 2.24) is 0 Å². The van der Waals surface area contributed by atoms with Gasteiger partial charge in [0.15, 0.2) is 18.1 Å². The summed E-state index contributed by atoms with van der Waals surface area (Å²) in [5.41, 5.74) is 4.81. The quantitative estimate of drug-likeness (QED) is 0.494. The lowest BCUT2D eigenvalue weighted by Gasteiger charge is -2.14. The van der Waals surface area contributed by atoms with Gasteiger partial charge in [0.05, 0.1) is 17.8 Å². The van der Waals surface area contributed by atoms with Gasteiger partial charge in [-0.05, 0) is 60.9 Å². The third-order valence-corrected chi connectivity index (χ3v) is 5.15. The zero-order valence-electron chi connectivity index (χ0n) is 17.3. The molecule has 6 heteroatoms. The first-order chi connectivity index (χ1) is 14.5. The fraction of sp³-hybridized carbons (Fsp3) is 0.208. The molecule has 0 radical (unpaired) electrons. The van der Waals surface area contributed by atoms with E-state index in [0.29, 0.717) is 23.1 Å². The van der Waals surface area contributed by atoms with Gasteiger partial charge in [-0.15, -0.1) is 0 Å². The Kier molecular flexibility index (Phi) is 7.20. The molecular weight excluding hydrogens is 400 g/mol. The van der Waals surface area contributed by atoms with Crippen molar-refractivity contribution >= 4 is 28.9 Å². The van der Waals surface area contributed by atoms with E-state index in [-0.39, 0.29) is 12.5 Å². The predicted molar refractivity (Wildman–Crippen MR) is 122 cm³/mol. The summed E-state index contributed by atoms with van der Waals surface area (Å²) in [5.74, 6) is 0.846. The molecule has 3 rings (SSSR count). The molecule has 0 saturated carbocycles. The Morgan fingerprint density at radius 1 is 0.967 bits per heavy atom. The maximum atomic E-state index is 12.3. The molecular formula is C24H25ClN2O3. The number of methoxy groups -OCH3 is 1. The minimum absolute atomic E-state index is 0.110. The van der Waals surface area contributed by atoms with E-state index in [4.69, 9.17) is 21.1 Å². The highest BCUT2D eigenvalue weighted by molar-refractivity contribution is 6.33. The maximum absolute atomic E-state index is 12.3. The van der Waals surface area contributed by atoms with Crippen molar-refractivity contribution in [3.05, 3.63) is 82.4 Å². The highest BCUT2D eigenvalue weighted by Crippen LogP contribution is 2.29. The van der Waals surface area contributed by atoms with E-state index in [0.717, 1.165) is 28.1 Å². The molecule has 0 aliphatic rings. The first-order valence-electron chi connectivity index (χ1n) is 9.62. The van der Waals surface area contributed by atoms with Crippen molar-refractivity contribution in [3.63, 3.8) is 0 Å². The fourth-order valence-corrected chi connectivity index (χ4v) is 3.16. The lowest BCUT2D eigenvalue weighted by molar-refractivity contribution is -0.118. The smallest absolute Gasteiger partial charge is 0.262 e. The molecule has 0 bridgehead atoms. The number of nitrogens with one attached hydrogen (secondary N) is 2. The molecule has 0 fully saturated rings. The third kappa shape index (κ3) is 5.45. The number of carbonyl (C=O) groups is 1. The van der Waals surface area contributed by atoms with Crippen LogP contribution in [-0.4, -0.2) is 19.6 Å². The van der Waals surface area contributed by atoms with Gasteiger partial charge in [-0.25, -0.2) is 0 Å². The van der Waals surface area contributed by atoms with E-state index in [9.17, 15) is 4.79 Å². The molecule has 0 aromatic heterocycles. The van der Waals surface area contributed by atoms with Gasteiger partial charge in [-0.2, -0.15) is 0 Å². The summed E-state index contributed by atoms with van der Waals surface area (Å²) in [6, 6.07) is 19.0. The van der Waals surface area contributed by atoms with Gasteiger partial charge >= 0.3 is 0 Å². The average molecular weight is 425 g/mol. The maximum Gasteiger partial charge on any atom is 0.262 e. The van der Waals surface area contributed by atoms with Crippen molar-refractivity contribution in [3.8, 4) is 11.5 Å². The van der Waals surface area contributed by atoms with Crippen LogP contribution >= 0.6 is 11.6 Å². The Balaban J connectivity index is 1.60. The molecule has 156 valence electrons. The SMILES string of the molecule is COc1cc(CNc2ccccc2Cl)ccc1OCC(=O)Nc1cccc(C)c1C. The molecule has 3 aromatic carbocycles. The largest absolute Gasteiger partial charge is 0.493 e. The van der Waals surface area contributed by atoms with Crippen molar-refractivity contribution in [2.45, 2.75) is 20.4 Å². The van der Waals surface area contributed by atoms with E-state index in [2.05, 4.69) is 10.6 Å². The number of ether oxygens (including phenoxy) is 2. The van der Waals surface area contributed by atoms with E-state index >= 15 is 0 Å². The average Bonchev–Trinajstić information content (AvgIpc) is 2.75.